The van der Waals surface area contributed by atoms with E-state index in [4.69, 9.17) is 0 Å². The Morgan fingerprint density at radius 2 is 1.86 bits per heavy atom. The van der Waals surface area contributed by atoms with Gasteiger partial charge < -0.3 is 0 Å². The highest BCUT2D eigenvalue weighted by Gasteiger charge is 2.13. The van der Waals surface area contributed by atoms with Crippen LogP contribution in [-0.4, -0.2) is 0 Å². The third-order valence-corrected chi connectivity index (χ3v) is 2.98. The lowest BCUT2D eigenvalue weighted by molar-refractivity contribution is 0.621. The summed E-state index contributed by atoms with van der Waals surface area (Å²) in [5.41, 5.74) is 6.51. The monoisotopic (exact) mass is 186 g/mol. The van der Waals surface area contributed by atoms with Crippen LogP contribution < -0.4 is 0 Å². The van der Waals surface area contributed by atoms with Crippen LogP contribution in [0.5, 0.6) is 0 Å². The molecule has 14 heavy (non-hydrogen) atoms. The minimum Gasteiger partial charge on any atom is -0.124 e. The van der Waals surface area contributed by atoms with E-state index in [-0.39, 0.29) is 5.41 Å². The summed E-state index contributed by atoms with van der Waals surface area (Å²) in [6.45, 7) is 4.44. The van der Waals surface area contributed by atoms with Crippen molar-refractivity contribution >= 4 is 0 Å². The average molecular weight is 186 g/mol. The Morgan fingerprint density at radius 3 is 2.64 bits per heavy atom. The first-order valence-electron chi connectivity index (χ1n) is 5.52. The number of allylic oxidation sites excluding steroid dienone is 5. The fraction of sp³-hybridized carbons (Fsp3) is 0.500. The fourth-order valence-electron chi connectivity index (χ4n) is 2.03. The number of hydrogen-bond acceptors (Lipinski definition) is 0. The maximum absolute atomic E-state index is 3.32. The van der Waals surface area contributed by atoms with Gasteiger partial charge in [-0.2, -0.15) is 0 Å². The molecule has 0 fully saturated rings. The molecule has 0 heterocycles. The highest BCUT2D eigenvalue weighted by atomic mass is 14.2. The summed E-state index contributed by atoms with van der Waals surface area (Å²) in [7, 11) is 0. The van der Waals surface area contributed by atoms with Gasteiger partial charge in [0.25, 0.3) is 0 Å². The van der Waals surface area contributed by atoms with Gasteiger partial charge in [0.05, 0.1) is 0 Å². The van der Waals surface area contributed by atoms with Crippen molar-refractivity contribution < 1.29 is 0 Å². The third-order valence-electron chi connectivity index (χ3n) is 2.98. The van der Waals surface area contributed by atoms with E-state index < -0.39 is 0 Å². The maximum Gasteiger partial charge on any atom is 0.00830 e. The van der Waals surface area contributed by atoms with Crippen LogP contribution in [0.25, 0.3) is 0 Å². The molecule has 0 aromatic heterocycles. The van der Waals surface area contributed by atoms with Gasteiger partial charge in [-0.3, -0.25) is 0 Å². The molecule has 0 N–H and O–H groups in total. The fourth-order valence-corrected chi connectivity index (χ4v) is 2.03. The average Bonchev–Trinajstić information content (AvgIpc) is 2.14. The molecule has 0 nitrogen and oxygen atoms in total. The summed E-state index contributed by atoms with van der Waals surface area (Å²) < 4.78 is 0. The first-order chi connectivity index (χ1) is 6.67. The highest BCUT2D eigenvalue weighted by molar-refractivity contribution is 5.37. The van der Waals surface area contributed by atoms with Crippen molar-refractivity contribution in [2.24, 2.45) is 5.41 Å². The van der Waals surface area contributed by atoms with Crippen LogP contribution in [-0.2, 0) is 0 Å². The van der Waals surface area contributed by atoms with Crippen molar-refractivity contribution in [2.75, 3.05) is 0 Å². The van der Waals surface area contributed by atoms with Crippen LogP contribution in [0.2, 0.25) is 0 Å². The molecule has 0 saturated carbocycles. The Balaban J connectivity index is 2.38. The van der Waals surface area contributed by atoms with Gasteiger partial charge in [0.15, 0.2) is 0 Å². The Morgan fingerprint density at radius 1 is 1.14 bits per heavy atom. The lowest BCUT2D eigenvalue weighted by Crippen LogP contribution is -2.04. The molecule has 0 aromatic rings. The predicted octanol–water partition coefficient (Wildman–Crippen LogP) is 4.16. The standard InChI is InChI=1S/C14H18/c1-14(2)10-5-8-12-6-3-4-7-13(12)9-11-14/h8-11H,3-4,6-7H2,1-2H3/b11-9-. The molecule has 0 bridgehead atoms. The summed E-state index contributed by atoms with van der Waals surface area (Å²) in [5, 5.41) is 0. The zero-order valence-electron chi connectivity index (χ0n) is 9.14. The minimum absolute atomic E-state index is 0.159. The van der Waals surface area contributed by atoms with E-state index in [2.05, 4.69) is 43.9 Å². The molecule has 2 rings (SSSR count). The second-order valence-corrected chi connectivity index (χ2v) is 4.87. The second kappa shape index (κ2) is 3.63. The van der Waals surface area contributed by atoms with Crippen molar-refractivity contribution in [1.29, 1.82) is 0 Å². The van der Waals surface area contributed by atoms with Gasteiger partial charge in [-0.25, -0.2) is 0 Å². The molecule has 0 unspecified atom stereocenters. The van der Waals surface area contributed by atoms with Crippen LogP contribution in [0, 0.1) is 5.41 Å². The Kier molecular flexibility index (Phi) is 2.48. The van der Waals surface area contributed by atoms with E-state index in [1.807, 2.05) is 0 Å². The van der Waals surface area contributed by atoms with E-state index in [0.717, 1.165) is 0 Å². The van der Waals surface area contributed by atoms with Gasteiger partial charge in [0, 0.05) is 5.41 Å². The van der Waals surface area contributed by atoms with Crippen LogP contribution >= 0.6 is 0 Å². The maximum atomic E-state index is 3.32. The quantitative estimate of drug-likeness (QED) is 0.498. The number of hydrogen-bond donors (Lipinski definition) is 0. The van der Waals surface area contributed by atoms with E-state index in [9.17, 15) is 0 Å². The molecule has 0 amide bonds. The normalized spacial score (nSPS) is 26.7. The van der Waals surface area contributed by atoms with Gasteiger partial charge in [0.2, 0.25) is 0 Å². The third kappa shape index (κ3) is 2.08. The molecule has 0 saturated heterocycles. The largest absolute Gasteiger partial charge is 0.124 e. The highest BCUT2D eigenvalue weighted by Crippen LogP contribution is 2.30. The zero-order valence-corrected chi connectivity index (χ0v) is 9.14. The summed E-state index contributed by atoms with van der Waals surface area (Å²) in [5.74, 6) is 0. The van der Waals surface area contributed by atoms with E-state index >= 15 is 0 Å². The van der Waals surface area contributed by atoms with Crippen molar-refractivity contribution in [3.63, 3.8) is 0 Å². The van der Waals surface area contributed by atoms with Crippen LogP contribution in [0.3, 0.4) is 0 Å². The topological polar surface area (TPSA) is 0 Å². The van der Waals surface area contributed by atoms with E-state index in [1.54, 1.807) is 0 Å². The summed E-state index contributed by atoms with van der Waals surface area (Å²) in [6, 6.07) is 0. The van der Waals surface area contributed by atoms with Gasteiger partial charge in [-0.1, -0.05) is 26.0 Å². The van der Waals surface area contributed by atoms with E-state index in [0.29, 0.717) is 0 Å². The lowest BCUT2D eigenvalue weighted by Gasteiger charge is -2.19. The molecule has 0 atom stereocenters. The van der Waals surface area contributed by atoms with Crippen molar-refractivity contribution in [1.82, 2.24) is 0 Å². The van der Waals surface area contributed by atoms with Crippen molar-refractivity contribution in [2.45, 2.75) is 39.5 Å². The molecule has 0 aliphatic heterocycles. The Labute approximate surface area is 86.7 Å². The van der Waals surface area contributed by atoms with Gasteiger partial charge >= 0.3 is 0 Å². The van der Waals surface area contributed by atoms with Crippen LogP contribution in [0.15, 0.2) is 41.2 Å². The Hall–Kier alpha value is -1.00. The molecular formula is C14H18. The molecule has 74 valence electrons. The van der Waals surface area contributed by atoms with E-state index in [1.165, 1.54) is 36.8 Å². The lowest BCUT2D eigenvalue weighted by atomic mass is 9.86. The molecule has 0 heteroatoms. The SMILES string of the molecule is CC1(C)C=C=CC2=C(/C=C\1)CCCC2. The minimum atomic E-state index is 0.159. The second-order valence-electron chi connectivity index (χ2n) is 4.87. The zero-order chi connectivity index (χ0) is 10.0. The smallest absolute Gasteiger partial charge is 0.00830 e. The van der Waals surface area contributed by atoms with Gasteiger partial charge in [0.1, 0.15) is 0 Å². The van der Waals surface area contributed by atoms with Gasteiger partial charge in [-0.05, 0) is 49.0 Å². The Bertz CT molecular complexity index is 344. The molecule has 2 aliphatic carbocycles. The molecule has 2 aliphatic rings. The summed E-state index contributed by atoms with van der Waals surface area (Å²) >= 11 is 0. The van der Waals surface area contributed by atoms with Gasteiger partial charge in [-0.15, -0.1) is 5.73 Å². The van der Waals surface area contributed by atoms with Crippen LogP contribution in [0.4, 0.5) is 0 Å². The van der Waals surface area contributed by atoms with Crippen molar-refractivity contribution in [3.05, 3.63) is 41.2 Å². The molecule has 0 aromatic carbocycles. The summed E-state index contributed by atoms with van der Waals surface area (Å²) in [4.78, 5) is 0. The molecule has 0 spiro atoms. The summed E-state index contributed by atoms with van der Waals surface area (Å²) in [6.07, 6.45) is 14.1. The predicted molar refractivity (Wildman–Crippen MR) is 61.1 cm³/mol. The molecular weight excluding hydrogens is 168 g/mol. The van der Waals surface area contributed by atoms with Crippen LogP contribution in [0.1, 0.15) is 39.5 Å². The first kappa shape index (κ1) is 9.55. The van der Waals surface area contributed by atoms with Crippen molar-refractivity contribution in [3.8, 4) is 0 Å². The number of rotatable bonds is 0. The first-order valence-corrected chi connectivity index (χ1v) is 5.52. The molecule has 0 radical (unpaired) electrons.